The molecule has 1 aliphatic rings. The topological polar surface area (TPSA) is 65.8 Å². The fourth-order valence-electron chi connectivity index (χ4n) is 3.83. The second-order valence-corrected chi connectivity index (χ2v) is 8.53. The molecule has 0 atom stereocenters. The van der Waals surface area contributed by atoms with Crippen molar-refractivity contribution in [3.63, 3.8) is 0 Å². The van der Waals surface area contributed by atoms with Gasteiger partial charge in [0.05, 0.1) is 17.6 Å². The van der Waals surface area contributed by atoms with E-state index in [1.165, 1.54) is 5.69 Å². The van der Waals surface area contributed by atoms with Crippen LogP contribution in [0.1, 0.15) is 26.0 Å². The first-order valence-electron chi connectivity index (χ1n) is 10.6. The third-order valence-corrected chi connectivity index (χ3v) is 5.57. The Bertz CT molecular complexity index is 1030. The molecule has 0 saturated carbocycles. The molecule has 7 heteroatoms. The summed E-state index contributed by atoms with van der Waals surface area (Å²) >= 11 is 0. The van der Waals surface area contributed by atoms with Crippen LogP contribution in [0.25, 0.3) is 16.9 Å². The lowest BCUT2D eigenvalue weighted by molar-refractivity contribution is -0.116. The molecule has 0 bridgehead atoms. The Morgan fingerprint density at radius 3 is 2.50 bits per heavy atom. The molecule has 1 aromatic carbocycles. The van der Waals surface area contributed by atoms with E-state index < -0.39 is 0 Å². The molecule has 1 fully saturated rings. The smallest absolute Gasteiger partial charge is 0.225 e. The minimum absolute atomic E-state index is 0.00444. The van der Waals surface area contributed by atoms with E-state index in [2.05, 4.69) is 56.4 Å². The number of likely N-dealkylation sites (N-methyl/N-ethyl adjacent to an activating group) is 1. The molecule has 4 rings (SSSR count). The van der Waals surface area contributed by atoms with Crippen molar-refractivity contribution >= 4 is 23.1 Å². The molecule has 158 valence electrons. The van der Waals surface area contributed by atoms with Gasteiger partial charge in [-0.05, 0) is 32.0 Å². The Hall–Kier alpha value is -2.93. The average Bonchev–Trinajstić information content (AvgIpc) is 3.02. The minimum Gasteiger partial charge on any atom is -0.369 e. The summed E-state index contributed by atoms with van der Waals surface area (Å²) in [6, 6.07) is 8.55. The lowest BCUT2D eigenvalue weighted by Gasteiger charge is -2.34. The zero-order valence-corrected chi connectivity index (χ0v) is 18.2. The number of carbonyl (C=O) groups is 1. The van der Waals surface area contributed by atoms with Crippen molar-refractivity contribution in [1.29, 1.82) is 0 Å². The molecule has 30 heavy (non-hydrogen) atoms. The maximum atomic E-state index is 12.3. The van der Waals surface area contributed by atoms with Crippen LogP contribution in [0.15, 0.2) is 36.7 Å². The van der Waals surface area contributed by atoms with E-state index in [-0.39, 0.29) is 5.91 Å². The van der Waals surface area contributed by atoms with Gasteiger partial charge in [-0.3, -0.25) is 14.2 Å². The van der Waals surface area contributed by atoms with Gasteiger partial charge in [0.15, 0.2) is 5.65 Å². The second-order valence-electron chi connectivity index (χ2n) is 8.53. The van der Waals surface area contributed by atoms with Gasteiger partial charge >= 0.3 is 0 Å². The number of nitrogens with one attached hydrogen (secondary N) is 1. The van der Waals surface area contributed by atoms with Crippen LogP contribution in [0.3, 0.4) is 0 Å². The summed E-state index contributed by atoms with van der Waals surface area (Å²) < 4.78 is 1.92. The Kier molecular flexibility index (Phi) is 5.72. The van der Waals surface area contributed by atoms with Crippen LogP contribution in [0.2, 0.25) is 0 Å². The monoisotopic (exact) mass is 406 g/mol. The predicted octanol–water partition coefficient (Wildman–Crippen LogP) is 3.44. The molecule has 1 aliphatic heterocycles. The van der Waals surface area contributed by atoms with Crippen molar-refractivity contribution in [2.24, 2.45) is 5.92 Å². The van der Waals surface area contributed by atoms with Crippen molar-refractivity contribution in [2.45, 2.75) is 27.2 Å². The van der Waals surface area contributed by atoms with Gasteiger partial charge in [-0.15, -0.1) is 0 Å². The maximum Gasteiger partial charge on any atom is 0.225 e. The summed E-state index contributed by atoms with van der Waals surface area (Å²) in [5, 5.41) is 3.02. The van der Waals surface area contributed by atoms with Gasteiger partial charge in [0.1, 0.15) is 5.82 Å². The quantitative estimate of drug-likeness (QED) is 0.703. The average molecular weight is 407 g/mol. The number of nitrogens with zero attached hydrogens (tertiary/aromatic N) is 5. The van der Waals surface area contributed by atoms with Gasteiger partial charge in [0.2, 0.25) is 5.91 Å². The molecule has 0 spiro atoms. The number of rotatable bonds is 5. The van der Waals surface area contributed by atoms with Gasteiger partial charge in [0.25, 0.3) is 0 Å². The molecule has 3 aromatic rings. The highest BCUT2D eigenvalue weighted by atomic mass is 16.1. The van der Waals surface area contributed by atoms with Crippen molar-refractivity contribution in [3.8, 4) is 11.3 Å². The molecule has 0 aliphatic carbocycles. The summed E-state index contributed by atoms with van der Waals surface area (Å²) in [7, 11) is 2.17. The van der Waals surface area contributed by atoms with Crippen LogP contribution in [0.4, 0.5) is 11.5 Å². The number of aryl methyl sites for hydroxylation is 1. The number of amides is 1. The van der Waals surface area contributed by atoms with Crippen molar-refractivity contribution < 1.29 is 4.79 Å². The molecule has 1 N–H and O–H groups in total. The van der Waals surface area contributed by atoms with Gasteiger partial charge in [-0.2, -0.15) is 0 Å². The van der Waals surface area contributed by atoms with Crippen molar-refractivity contribution in [1.82, 2.24) is 19.3 Å². The molecule has 3 heterocycles. The van der Waals surface area contributed by atoms with E-state index in [4.69, 9.17) is 0 Å². The van der Waals surface area contributed by atoms with Crippen molar-refractivity contribution in [3.05, 3.63) is 42.4 Å². The summed E-state index contributed by atoms with van der Waals surface area (Å²) in [6.45, 7) is 10.3. The number of anilines is 2. The maximum absolute atomic E-state index is 12.3. The highest BCUT2D eigenvalue weighted by Gasteiger charge is 2.16. The molecule has 1 amide bonds. The number of benzene rings is 1. The van der Waals surface area contributed by atoms with Crippen LogP contribution in [-0.4, -0.2) is 58.4 Å². The van der Waals surface area contributed by atoms with E-state index in [1.54, 1.807) is 6.20 Å². The van der Waals surface area contributed by atoms with Gasteiger partial charge in [-0.1, -0.05) is 26.0 Å². The lowest BCUT2D eigenvalue weighted by atomic mass is 10.1. The van der Waals surface area contributed by atoms with E-state index in [0.29, 0.717) is 18.2 Å². The van der Waals surface area contributed by atoms with Crippen LogP contribution in [-0.2, 0) is 4.79 Å². The van der Waals surface area contributed by atoms with Crippen LogP contribution in [0, 0.1) is 12.8 Å². The SMILES string of the molecule is Cc1nc2cnc(-c3ccc(N4CCN(C)CC4)cc3)cn2c1NC(=O)CC(C)C. The highest BCUT2D eigenvalue weighted by molar-refractivity contribution is 5.91. The third-order valence-electron chi connectivity index (χ3n) is 5.57. The molecule has 0 unspecified atom stereocenters. The van der Waals surface area contributed by atoms with Crippen LogP contribution >= 0.6 is 0 Å². The fraction of sp³-hybridized carbons (Fsp3) is 0.435. The number of fused-ring (bicyclic) bond motifs is 1. The van der Waals surface area contributed by atoms with E-state index in [9.17, 15) is 4.79 Å². The molecule has 2 aromatic heterocycles. The van der Waals surface area contributed by atoms with Crippen LogP contribution in [0.5, 0.6) is 0 Å². The summed E-state index contributed by atoms with van der Waals surface area (Å²) in [5.74, 6) is 1.03. The van der Waals surface area contributed by atoms with E-state index >= 15 is 0 Å². The Morgan fingerprint density at radius 2 is 1.83 bits per heavy atom. The first-order chi connectivity index (χ1) is 14.4. The first-order valence-corrected chi connectivity index (χ1v) is 10.6. The van der Waals surface area contributed by atoms with E-state index in [0.717, 1.165) is 48.8 Å². The first kappa shape index (κ1) is 20.3. The summed E-state index contributed by atoms with van der Waals surface area (Å²) in [5.41, 5.74) is 4.65. The molecule has 0 radical (unpaired) electrons. The number of imidazole rings is 1. The Balaban J connectivity index is 1.58. The van der Waals surface area contributed by atoms with E-state index in [1.807, 2.05) is 31.4 Å². The number of piperazine rings is 1. The van der Waals surface area contributed by atoms with Crippen molar-refractivity contribution in [2.75, 3.05) is 43.4 Å². The number of hydrogen-bond acceptors (Lipinski definition) is 5. The standard InChI is InChI=1S/C23H30N6O/c1-16(2)13-22(30)26-23-17(3)25-21-14-24-20(15-29(21)23)18-5-7-19(8-6-18)28-11-9-27(4)10-12-28/h5-8,14-16H,9-13H2,1-4H3,(H,26,30). The van der Waals surface area contributed by atoms with Gasteiger partial charge < -0.3 is 15.1 Å². The zero-order valence-electron chi connectivity index (χ0n) is 18.2. The number of hydrogen-bond donors (Lipinski definition) is 1. The number of aromatic nitrogens is 3. The Morgan fingerprint density at radius 1 is 1.13 bits per heavy atom. The Labute approximate surface area is 177 Å². The third kappa shape index (κ3) is 4.31. The molecule has 7 nitrogen and oxygen atoms in total. The highest BCUT2D eigenvalue weighted by Crippen LogP contribution is 2.25. The summed E-state index contributed by atoms with van der Waals surface area (Å²) in [4.78, 5) is 26.2. The lowest BCUT2D eigenvalue weighted by Crippen LogP contribution is -2.44. The summed E-state index contributed by atoms with van der Waals surface area (Å²) in [6.07, 6.45) is 4.19. The molecular weight excluding hydrogens is 376 g/mol. The van der Waals surface area contributed by atoms with Gasteiger partial charge in [0, 0.05) is 50.0 Å². The number of carbonyl (C=O) groups excluding carboxylic acids is 1. The normalized spacial score (nSPS) is 15.2. The minimum atomic E-state index is 0.00444. The predicted molar refractivity (Wildman–Crippen MR) is 121 cm³/mol. The fourth-order valence-corrected chi connectivity index (χ4v) is 3.83. The molecule has 1 saturated heterocycles. The largest absolute Gasteiger partial charge is 0.369 e. The zero-order chi connectivity index (χ0) is 21.3. The van der Waals surface area contributed by atoms with Gasteiger partial charge in [-0.25, -0.2) is 4.98 Å². The van der Waals surface area contributed by atoms with Crippen LogP contribution < -0.4 is 10.2 Å². The molecular formula is C23H30N6O. The second kappa shape index (κ2) is 8.44.